The van der Waals surface area contributed by atoms with Gasteiger partial charge in [-0.2, -0.15) is 0 Å². The second-order valence-electron chi connectivity index (χ2n) is 4.89. The van der Waals surface area contributed by atoms with Gasteiger partial charge in [-0.1, -0.05) is 43.7 Å². The predicted molar refractivity (Wildman–Crippen MR) is 84.2 cm³/mol. The lowest BCUT2D eigenvalue weighted by Gasteiger charge is -2.21. The summed E-state index contributed by atoms with van der Waals surface area (Å²) in [4.78, 5) is 13.7. The number of rotatable bonds is 9. The van der Waals surface area contributed by atoms with Crippen molar-refractivity contribution in [1.82, 2.24) is 9.62 Å². The molecule has 1 aromatic carbocycles. The van der Waals surface area contributed by atoms with Crippen molar-refractivity contribution in [3.63, 3.8) is 0 Å². The number of likely N-dealkylation sites (N-methyl/N-ethyl adjacent to an activating group) is 1. The molecule has 5 nitrogen and oxygen atoms in total. The minimum absolute atomic E-state index is 0.0710. The van der Waals surface area contributed by atoms with Crippen LogP contribution in [-0.2, 0) is 21.4 Å². The molecule has 0 aliphatic carbocycles. The Kier molecular flexibility index (Phi) is 7.39. The lowest BCUT2D eigenvalue weighted by Crippen LogP contribution is -2.40. The van der Waals surface area contributed by atoms with Gasteiger partial charge in [0.1, 0.15) is 0 Å². The largest absolute Gasteiger partial charge is 0.338 e. The molecule has 0 unspecified atom stereocenters. The van der Waals surface area contributed by atoms with Crippen LogP contribution < -0.4 is 4.72 Å². The summed E-state index contributed by atoms with van der Waals surface area (Å²) >= 11 is 0. The second kappa shape index (κ2) is 8.79. The maximum atomic E-state index is 12.1. The average Bonchev–Trinajstić information content (AvgIpc) is 2.49. The van der Waals surface area contributed by atoms with E-state index in [2.05, 4.69) is 4.72 Å². The van der Waals surface area contributed by atoms with Gasteiger partial charge in [-0.25, -0.2) is 13.1 Å². The summed E-state index contributed by atoms with van der Waals surface area (Å²) in [5.41, 5.74) is 1.03. The molecule has 0 heterocycles. The molecule has 0 aliphatic heterocycles. The molecule has 6 heteroatoms. The Hall–Kier alpha value is -1.40. The molecule has 0 saturated heterocycles. The Labute approximate surface area is 127 Å². The maximum absolute atomic E-state index is 12.1. The SMILES string of the molecule is CCCCS(=O)(=O)NCC(=O)N(CC)Cc1ccccc1. The van der Waals surface area contributed by atoms with Gasteiger partial charge < -0.3 is 4.90 Å². The molecule has 118 valence electrons. The van der Waals surface area contributed by atoms with Crippen LogP contribution in [-0.4, -0.2) is 38.1 Å². The topological polar surface area (TPSA) is 66.5 Å². The van der Waals surface area contributed by atoms with Crippen molar-refractivity contribution >= 4 is 15.9 Å². The molecule has 21 heavy (non-hydrogen) atoms. The monoisotopic (exact) mass is 312 g/mol. The number of unbranched alkanes of at least 4 members (excludes halogenated alkanes) is 1. The molecule has 1 aromatic rings. The zero-order valence-corrected chi connectivity index (χ0v) is 13.5. The molecule has 0 fully saturated rings. The Bertz CT molecular complexity index is 529. The summed E-state index contributed by atoms with van der Waals surface area (Å²) in [5, 5.41) is 0. The Balaban J connectivity index is 2.52. The first kappa shape index (κ1) is 17.7. The van der Waals surface area contributed by atoms with E-state index in [1.54, 1.807) is 4.90 Å². The van der Waals surface area contributed by atoms with Gasteiger partial charge in [0.05, 0.1) is 12.3 Å². The van der Waals surface area contributed by atoms with E-state index in [0.29, 0.717) is 19.5 Å². The molecule has 1 rings (SSSR count). The van der Waals surface area contributed by atoms with Crippen LogP contribution in [0.15, 0.2) is 30.3 Å². The second-order valence-corrected chi connectivity index (χ2v) is 6.81. The standard InChI is InChI=1S/C15H24N2O3S/c1-3-5-11-21(19,20)16-12-15(18)17(4-2)13-14-9-7-6-8-10-14/h6-10,16H,3-5,11-13H2,1-2H3. The number of carbonyl (C=O) groups is 1. The molecule has 0 spiro atoms. The van der Waals surface area contributed by atoms with Crippen molar-refractivity contribution in [2.45, 2.75) is 33.2 Å². The number of carbonyl (C=O) groups excluding carboxylic acids is 1. The highest BCUT2D eigenvalue weighted by molar-refractivity contribution is 7.89. The Morgan fingerprint density at radius 2 is 1.86 bits per heavy atom. The van der Waals surface area contributed by atoms with Gasteiger partial charge in [-0.05, 0) is 18.9 Å². The molecule has 1 amide bonds. The van der Waals surface area contributed by atoms with Crippen LogP contribution in [0, 0.1) is 0 Å². The molecule has 0 aliphatic rings. The maximum Gasteiger partial charge on any atom is 0.237 e. The summed E-state index contributed by atoms with van der Waals surface area (Å²) < 4.78 is 25.7. The van der Waals surface area contributed by atoms with Gasteiger partial charge in [0.2, 0.25) is 15.9 Å². The number of benzene rings is 1. The van der Waals surface area contributed by atoms with E-state index in [9.17, 15) is 13.2 Å². The summed E-state index contributed by atoms with van der Waals surface area (Å²) in [5.74, 6) is -0.136. The zero-order valence-electron chi connectivity index (χ0n) is 12.7. The fourth-order valence-corrected chi connectivity index (χ4v) is 3.03. The van der Waals surface area contributed by atoms with Gasteiger partial charge in [-0.15, -0.1) is 0 Å². The van der Waals surface area contributed by atoms with Gasteiger partial charge in [0, 0.05) is 13.1 Å². The lowest BCUT2D eigenvalue weighted by atomic mass is 10.2. The molecule has 0 bridgehead atoms. The first-order valence-electron chi connectivity index (χ1n) is 7.27. The predicted octanol–water partition coefficient (Wildman–Crippen LogP) is 1.75. The quantitative estimate of drug-likeness (QED) is 0.755. The first-order valence-corrected chi connectivity index (χ1v) is 8.92. The number of sulfonamides is 1. The van der Waals surface area contributed by atoms with E-state index in [1.807, 2.05) is 44.2 Å². The molecule has 0 saturated carbocycles. The van der Waals surface area contributed by atoms with Crippen LogP contribution in [0.2, 0.25) is 0 Å². The molecule has 0 atom stereocenters. The van der Waals surface area contributed by atoms with Crippen LogP contribution >= 0.6 is 0 Å². The molecular formula is C15H24N2O3S. The van der Waals surface area contributed by atoms with Crippen LogP contribution in [0.5, 0.6) is 0 Å². The highest BCUT2D eigenvalue weighted by Gasteiger charge is 2.16. The average molecular weight is 312 g/mol. The van der Waals surface area contributed by atoms with Crippen LogP contribution in [0.25, 0.3) is 0 Å². The summed E-state index contributed by atoms with van der Waals surface area (Å²) in [6.45, 7) is 4.68. The third-order valence-corrected chi connectivity index (χ3v) is 4.57. The Morgan fingerprint density at radius 3 is 2.43 bits per heavy atom. The van der Waals surface area contributed by atoms with E-state index in [4.69, 9.17) is 0 Å². The highest BCUT2D eigenvalue weighted by atomic mass is 32.2. The van der Waals surface area contributed by atoms with E-state index in [1.165, 1.54) is 0 Å². The van der Waals surface area contributed by atoms with Crippen molar-refractivity contribution in [2.24, 2.45) is 0 Å². The minimum atomic E-state index is -3.35. The smallest absolute Gasteiger partial charge is 0.237 e. The van der Waals surface area contributed by atoms with Gasteiger partial charge in [0.15, 0.2) is 0 Å². The minimum Gasteiger partial charge on any atom is -0.338 e. The van der Waals surface area contributed by atoms with Crippen LogP contribution in [0.4, 0.5) is 0 Å². The van der Waals surface area contributed by atoms with Crippen LogP contribution in [0.1, 0.15) is 32.3 Å². The molecule has 0 radical (unpaired) electrons. The van der Waals surface area contributed by atoms with E-state index >= 15 is 0 Å². The third kappa shape index (κ3) is 6.73. The first-order chi connectivity index (χ1) is 9.98. The summed E-state index contributed by atoms with van der Waals surface area (Å²) in [6.07, 6.45) is 1.41. The van der Waals surface area contributed by atoms with Crippen molar-refractivity contribution in [3.05, 3.63) is 35.9 Å². The van der Waals surface area contributed by atoms with E-state index in [0.717, 1.165) is 12.0 Å². The third-order valence-electron chi connectivity index (χ3n) is 3.16. The fraction of sp³-hybridized carbons (Fsp3) is 0.533. The number of hydrogen-bond acceptors (Lipinski definition) is 3. The molecule has 0 aromatic heterocycles. The number of nitrogens with zero attached hydrogens (tertiary/aromatic N) is 1. The van der Waals surface area contributed by atoms with Crippen molar-refractivity contribution in [1.29, 1.82) is 0 Å². The van der Waals surface area contributed by atoms with Gasteiger partial charge >= 0.3 is 0 Å². The Morgan fingerprint density at radius 1 is 1.19 bits per heavy atom. The van der Waals surface area contributed by atoms with Crippen molar-refractivity contribution in [2.75, 3.05) is 18.8 Å². The highest BCUT2D eigenvalue weighted by Crippen LogP contribution is 2.04. The van der Waals surface area contributed by atoms with Gasteiger partial charge in [0.25, 0.3) is 0 Å². The van der Waals surface area contributed by atoms with Crippen LogP contribution in [0.3, 0.4) is 0 Å². The van der Waals surface area contributed by atoms with E-state index in [-0.39, 0.29) is 18.2 Å². The summed E-state index contributed by atoms with van der Waals surface area (Å²) in [6, 6.07) is 9.65. The number of hydrogen-bond donors (Lipinski definition) is 1. The number of nitrogens with one attached hydrogen (secondary N) is 1. The fourth-order valence-electron chi connectivity index (χ4n) is 1.87. The van der Waals surface area contributed by atoms with E-state index < -0.39 is 10.0 Å². The number of amides is 1. The summed E-state index contributed by atoms with van der Waals surface area (Å²) in [7, 11) is -3.35. The normalized spacial score (nSPS) is 11.3. The zero-order chi connectivity index (χ0) is 15.7. The molecule has 1 N–H and O–H groups in total. The molecular weight excluding hydrogens is 288 g/mol. The lowest BCUT2D eigenvalue weighted by molar-refractivity contribution is -0.130. The van der Waals surface area contributed by atoms with Gasteiger partial charge in [-0.3, -0.25) is 4.79 Å². The van der Waals surface area contributed by atoms with Crippen molar-refractivity contribution < 1.29 is 13.2 Å². The van der Waals surface area contributed by atoms with Crippen molar-refractivity contribution in [3.8, 4) is 0 Å².